The number of rotatable bonds is 5. The molecule has 106 valence electrons. The molecule has 20 heavy (non-hydrogen) atoms. The maximum Gasteiger partial charge on any atom is 0.221 e. The Balaban J connectivity index is 2.01. The fourth-order valence-corrected chi connectivity index (χ4v) is 1.64. The smallest absolute Gasteiger partial charge is 0.221 e. The summed E-state index contributed by atoms with van der Waals surface area (Å²) in [6, 6.07) is 7.79. The molecule has 5 nitrogen and oxygen atoms in total. The summed E-state index contributed by atoms with van der Waals surface area (Å²) in [5.41, 5.74) is 7.54. The molecular formula is C15H20N4O. The van der Waals surface area contributed by atoms with E-state index < -0.39 is 0 Å². The maximum absolute atomic E-state index is 5.72. The summed E-state index contributed by atoms with van der Waals surface area (Å²) in [6.45, 7) is 6.85. The number of hydrogen-bond acceptors (Lipinski definition) is 4. The normalized spacial score (nSPS) is 11.4. The minimum absolute atomic E-state index is 0.385. The number of anilines is 1. The molecule has 0 fully saturated rings. The number of aromatic nitrogens is 2. The van der Waals surface area contributed by atoms with Gasteiger partial charge in [-0.15, -0.1) is 0 Å². The number of hydrogen-bond donors (Lipinski definition) is 1. The molecule has 0 aliphatic carbocycles. The van der Waals surface area contributed by atoms with Gasteiger partial charge in [0, 0.05) is 0 Å². The first kappa shape index (κ1) is 14.1. The molecule has 0 atom stereocenters. The van der Waals surface area contributed by atoms with E-state index in [1.54, 1.807) is 17.1 Å². The van der Waals surface area contributed by atoms with Crippen molar-refractivity contribution in [1.82, 2.24) is 9.66 Å². The molecule has 0 aliphatic rings. The Kier molecular flexibility index (Phi) is 4.40. The lowest BCUT2D eigenvalue weighted by atomic mass is 10.2. The van der Waals surface area contributed by atoms with Crippen LogP contribution in [-0.2, 0) is 0 Å². The second kappa shape index (κ2) is 6.23. The van der Waals surface area contributed by atoms with Crippen LogP contribution >= 0.6 is 0 Å². The number of nitrogens with zero attached hydrogens (tertiary/aromatic N) is 3. The van der Waals surface area contributed by atoms with Crippen LogP contribution in [0.15, 0.2) is 35.6 Å². The highest BCUT2D eigenvalue weighted by molar-refractivity contribution is 5.79. The number of ether oxygens (including phenoxy) is 1. The van der Waals surface area contributed by atoms with Crippen LogP contribution < -0.4 is 10.5 Å². The molecular weight excluding hydrogens is 252 g/mol. The number of aryl methyl sites for hydroxylation is 1. The van der Waals surface area contributed by atoms with Gasteiger partial charge in [-0.3, -0.25) is 0 Å². The van der Waals surface area contributed by atoms with Gasteiger partial charge in [0.1, 0.15) is 5.75 Å². The Morgan fingerprint density at radius 1 is 1.35 bits per heavy atom. The van der Waals surface area contributed by atoms with Crippen molar-refractivity contribution in [2.75, 3.05) is 12.3 Å². The topological polar surface area (TPSA) is 65.4 Å². The Bertz CT molecular complexity index is 584. The molecule has 0 unspecified atom stereocenters. The van der Waals surface area contributed by atoms with Crippen molar-refractivity contribution < 1.29 is 4.74 Å². The van der Waals surface area contributed by atoms with Crippen molar-refractivity contribution in [2.45, 2.75) is 20.8 Å². The zero-order valence-corrected chi connectivity index (χ0v) is 12.1. The van der Waals surface area contributed by atoms with Crippen LogP contribution in [0, 0.1) is 12.8 Å². The standard InChI is InChI=1S/C15H20N4O/c1-11(2)10-20-14-6-4-13(5-7-14)8-17-19-9-12(3)18-15(19)16/h4-9,11H,10H2,1-3H3,(H2,16,18). The van der Waals surface area contributed by atoms with E-state index in [1.165, 1.54) is 0 Å². The third-order valence-corrected chi connectivity index (χ3v) is 2.63. The Labute approximate surface area is 119 Å². The second-order valence-corrected chi connectivity index (χ2v) is 5.10. The molecule has 1 aromatic carbocycles. The lowest BCUT2D eigenvalue weighted by Gasteiger charge is -2.08. The molecule has 0 saturated heterocycles. The van der Waals surface area contributed by atoms with Crippen LogP contribution in [0.4, 0.5) is 5.95 Å². The van der Waals surface area contributed by atoms with Crippen LogP contribution in [0.2, 0.25) is 0 Å². The highest BCUT2D eigenvalue weighted by atomic mass is 16.5. The van der Waals surface area contributed by atoms with Gasteiger partial charge in [-0.25, -0.2) is 9.66 Å². The summed E-state index contributed by atoms with van der Waals surface area (Å²) in [5, 5.41) is 4.26. The number of imidazole rings is 1. The lowest BCUT2D eigenvalue weighted by Crippen LogP contribution is -2.04. The molecule has 0 radical (unpaired) electrons. The van der Waals surface area contributed by atoms with E-state index in [1.807, 2.05) is 31.2 Å². The molecule has 2 rings (SSSR count). The monoisotopic (exact) mass is 272 g/mol. The van der Waals surface area contributed by atoms with Crippen molar-refractivity contribution in [3.8, 4) is 5.75 Å². The minimum atomic E-state index is 0.385. The number of nitrogens with two attached hydrogens (primary N) is 1. The average Bonchev–Trinajstić information content (AvgIpc) is 2.73. The van der Waals surface area contributed by atoms with Crippen LogP contribution in [-0.4, -0.2) is 22.5 Å². The molecule has 1 aromatic heterocycles. The van der Waals surface area contributed by atoms with Crippen molar-refractivity contribution in [1.29, 1.82) is 0 Å². The Morgan fingerprint density at radius 3 is 2.60 bits per heavy atom. The van der Waals surface area contributed by atoms with E-state index in [0.29, 0.717) is 11.9 Å². The van der Waals surface area contributed by atoms with E-state index >= 15 is 0 Å². The Morgan fingerprint density at radius 2 is 2.05 bits per heavy atom. The molecule has 2 N–H and O–H groups in total. The van der Waals surface area contributed by atoms with Gasteiger partial charge < -0.3 is 10.5 Å². The Hall–Kier alpha value is -2.30. The first-order chi connectivity index (χ1) is 9.54. The van der Waals surface area contributed by atoms with Crippen molar-refractivity contribution in [3.63, 3.8) is 0 Å². The molecule has 2 aromatic rings. The first-order valence-corrected chi connectivity index (χ1v) is 6.63. The van der Waals surface area contributed by atoms with E-state index in [0.717, 1.165) is 23.6 Å². The zero-order valence-electron chi connectivity index (χ0n) is 12.1. The van der Waals surface area contributed by atoms with Gasteiger partial charge in [0.15, 0.2) is 0 Å². The second-order valence-electron chi connectivity index (χ2n) is 5.10. The van der Waals surface area contributed by atoms with E-state index in [-0.39, 0.29) is 0 Å². The SMILES string of the molecule is Cc1cn(N=Cc2ccc(OCC(C)C)cc2)c(N)n1. The van der Waals surface area contributed by atoms with Gasteiger partial charge in [-0.2, -0.15) is 5.10 Å². The molecule has 0 amide bonds. The highest BCUT2D eigenvalue weighted by Gasteiger charge is 1.99. The summed E-state index contributed by atoms with van der Waals surface area (Å²) < 4.78 is 7.18. The van der Waals surface area contributed by atoms with Crippen LogP contribution in [0.25, 0.3) is 0 Å². The van der Waals surface area contributed by atoms with E-state index in [2.05, 4.69) is 23.9 Å². The predicted octanol–water partition coefficient (Wildman–Crippen LogP) is 2.69. The van der Waals surface area contributed by atoms with Crippen LogP contribution in [0.5, 0.6) is 5.75 Å². The van der Waals surface area contributed by atoms with Gasteiger partial charge in [0.05, 0.1) is 24.7 Å². The zero-order chi connectivity index (χ0) is 14.5. The molecule has 0 bridgehead atoms. The van der Waals surface area contributed by atoms with E-state index in [9.17, 15) is 0 Å². The van der Waals surface area contributed by atoms with Crippen molar-refractivity contribution in [3.05, 3.63) is 41.7 Å². The largest absolute Gasteiger partial charge is 0.493 e. The van der Waals surface area contributed by atoms with Crippen LogP contribution in [0.3, 0.4) is 0 Å². The summed E-state index contributed by atoms with van der Waals surface area (Å²) >= 11 is 0. The number of benzene rings is 1. The van der Waals surface area contributed by atoms with Crippen molar-refractivity contribution in [2.24, 2.45) is 11.0 Å². The average molecular weight is 272 g/mol. The van der Waals surface area contributed by atoms with Gasteiger partial charge in [0.25, 0.3) is 0 Å². The van der Waals surface area contributed by atoms with Crippen molar-refractivity contribution >= 4 is 12.2 Å². The predicted molar refractivity (Wildman–Crippen MR) is 81.1 cm³/mol. The summed E-state index contributed by atoms with van der Waals surface area (Å²) in [7, 11) is 0. The molecule has 0 spiro atoms. The third-order valence-electron chi connectivity index (χ3n) is 2.63. The summed E-state index contributed by atoms with van der Waals surface area (Å²) in [5.74, 6) is 1.77. The quantitative estimate of drug-likeness (QED) is 0.851. The van der Waals surface area contributed by atoms with Gasteiger partial charge in [0.2, 0.25) is 5.95 Å². The first-order valence-electron chi connectivity index (χ1n) is 6.63. The fraction of sp³-hybridized carbons (Fsp3) is 0.333. The number of nitrogen functional groups attached to an aromatic ring is 1. The molecule has 0 saturated carbocycles. The summed E-state index contributed by atoms with van der Waals surface area (Å²) in [4.78, 5) is 4.09. The third kappa shape index (κ3) is 3.85. The van der Waals surface area contributed by atoms with E-state index in [4.69, 9.17) is 10.5 Å². The molecule has 1 heterocycles. The highest BCUT2D eigenvalue weighted by Crippen LogP contribution is 2.12. The van der Waals surface area contributed by atoms with Gasteiger partial charge >= 0.3 is 0 Å². The molecule has 0 aliphatic heterocycles. The lowest BCUT2D eigenvalue weighted by molar-refractivity contribution is 0.271. The fourth-order valence-electron chi connectivity index (χ4n) is 1.64. The summed E-state index contributed by atoms with van der Waals surface area (Å²) in [6.07, 6.45) is 3.52. The minimum Gasteiger partial charge on any atom is -0.493 e. The maximum atomic E-state index is 5.72. The molecule has 5 heteroatoms. The van der Waals surface area contributed by atoms with Crippen LogP contribution in [0.1, 0.15) is 25.1 Å². The van der Waals surface area contributed by atoms with Gasteiger partial charge in [-0.1, -0.05) is 13.8 Å². The van der Waals surface area contributed by atoms with Gasteiger partial charge in [-0.05, 0) is 42.7 Å².